The van der Waals surface area contributed by atoms with Crippen LogP contribution in [0.5, 0.6) is 0 Å². The minimum absolute atomic E-state index is 0.187. The van der Waals surface area contributed by atoms with E-state index in [0.717, 1.165) is 31.4 Å². The van der Waals surface area contributed by atoms with Gasteiger partial charge in [-0.2, -0.15) is 0 Å². The molecule has 1 saturated heterocycles. The van der Waals surface area contributed by atoms with Crippen LogP contribution in [0.3, 0.4) is 0 Å². The van der Waals surface area contributed by atoms with Crippen molar-refractivity contribution < 1.29 is 9.90 Å². The van der Waals surface area contributed by atoms with E-state index < -0.39 is 11.1 Å². The molecule has 2 aromatic rings. The summed E-state index contributed by atoms with van der Waals surface area (Å²) in [7, 11) is 0. The largest absolute Gasteiger partial charge is 0.389 e. The van der Waals surface area contributed by atoms with E-state index in [2.05, 4.69) is 66.3 Å². The Labute approximate surface area is 171 Å². The molecule has 1 heterocycles. The SMILES string of the molecule is CC1(C)C(=O)N([C@@H]2C3CC4C[C@@]5(O)CC2CC45C3)N1c1cccc2ccccc12. The van der Waals surface area contributed by atoms with Crippen molar-refractivity contribution in [3.05, 3.63) is 42.5 Å². The summed E-state index contributed by atoms with van der Waals surface area (Å²) < 4.78 is 0. The lowest BCUT2D eigenvalue weighted by atomic mass is 9.53. The van der Waals surface area contributed by atoms with E-state index in [-0.39, 0.29) is 17.4 Å². The normalized spacial score (nSPS) is 43.5. The summed E-state index contributed by atoms with van der Waals surface area (Å²) in [5.41, 5.74) is 0.339. The monoisotopic (exact) mass is 388 g/mol. The Morgan fingerprint density at radius 2 is 1.72 bits per heavy atom. The number of hydrogen-bond acceptors (Lipinski definition) is 3. The molecule has 1 aliphatic heterocycles. The Hall–Kier alpha value is -2.07. The molecule has 6 atom stereocenters. The third kappa shape index (κ3) is 1.68. The lowest BCUT2D eigenvalue weighted by molar-refractivity contribution is -0.176. The van der Waals surface area contributed by atoms with Crippen LogP contribution in [0.2, 0.25) is 0 Å². The Balaban J connectivity index is 1.34. The van der Waals surface area contributed by atoms with Gasteiger partial charge in [-0.15, -0.1) is 0 Å². The molecule has 4 aliphatic carbocycles. The van der Waals surface area contributed by atoms with Crippen molar-refractivity contribution in [3.63, 3.8) is 0 Å². The van der Waals surface area contributed by atoms with Gasteiger partial charge in [-0.25, -0.2) is 5.01 Å². The number of fused-ring (bicyclic) bond motifs is 3. The van der Waals surface area contributed by atoms with Crippen molar-refractivity contribution >= 4 is 22.4 Å². The molecular weight excluding hydrogens is 360 g/mol. The highest BCUT2D eigenvalue weighted by molar-refractivity contribution is 6.03. The number of nitrogens with zero attached hydrogens (tertiary/aromatic N) is 2. The average Bonchev–Trinajstić information content (AvgIpc) is 3.06. The summed E-state index contributed by atoms with van der Waals surface area (Å²) in [6.45, 7) is 4.10. The number of rotatable bonds is 2. The third-order valence-electron chi connectivity index (χ3n) is 9.45. The summed E-state index contributed by atoms with van der Waals surface area (Å²) in [6, 6.07) is 15.1. The molecule has 7 rings (SSSR count). The molecule has 0 aromatic heterocycles. The van der Waals surface area contributed by atoms with Crippen LogP contribution in [-0.2, 0) is 4.79 Å². The predicted molar refractivity (Wildman–Crippen MR) is 112 cm³/mol. The first-order chi connectivity index (χ1) is 13.9. The highest BCUT2D eigenvalue weighted by atomic mass is 16.3. The van der Waals surface area contributed by atoms with E-state index in [1.165, 1.54) is 17.2 Å². The summed E-state index contributed by atoms with van der Waals surface area (Å²) in [5.74, 6) is 1.89. The lowest BCUT2D eigenvalue weighted by Crippen LogP contribution is -2.79. The molecule has 3 bridgehead atoms. The van der Waals surface area contributed by atoms with Gasteiger partial charge < -0.3 is 5.11 Å². The van der Waals surface area contributed by atoms with Gasteiger partial charge in [0.25, 0.3) is 5.91 Å². The maximum absolute atomic E-state index is 13.4. The maximum Gasteiger partial charge on any atom is 0.268 e. The van der Waals surface area contributed by atoms with Gasteiger partial charge in [-0.05, 0) is 75.2 Å². The second kappa shape index (κ2) is 4.80. The van der Waals surface area contributed by atoms with Gasteiger partial charge in [0.1, 0.15) is 5.54 Å². The zero-order valence-corrected chi connectivity index (χ0v) is 17.1. The number of benzene rings is 2. The van der Waals surface area contributed by atoms with Gasteiger partial charge in [0.05, 0.1) is 17.3 Å². The molecule has 4 heteroatoms. The van der Waals surface area contributed by atoms with Crippen LogP contribution in [0.15, 0.2) is 42.5 Å². The quantitative estimate of drug-likeness (QED) is 0.842. The third-order valence-corrected chi connectivity index (χ3v) is 9.45. The number of carbonyl (C=O) groups excluding carboxylic acids is 1. The van der Waals surface area contributed by atoms with Crippen LogP contribution in [0.4, 0.5) is 5.69 Å². The van der Waals surface area contributed by atoms with E-state index in [9.17, 15) is 9.90 Å². The van der Waals surface area contributed by atoms with Crippen LogP contribution in [0.25, 0.3) is 10.8 Å². The maximum atomic E-state index is 13.4. The minimum Gasteiger partial charge on any atom is -0.389 e. The van der Waals surface area contributed by atoms with Gasteiger partial charge >= 0.3 is 0 Å². The topological polar surface area (TPSA) is 43.8 Å². The Bertz CT molecular complexity index is 1070. The van der Waals surface area contributed by atoms with E-state index in [1.54, 1.807) is 0 Å². The Morgan fingerprint density at radius 1 is 0.966 bits per heavy atom. The number of anilines is 1. The van der Waals surface area contributed by atoms with E-state index in [0.29, 0.717) is 17.8 Å². The summed E-state index contributed by atoms with van der Waals surface area (Å²) in [6.07, 6.45) is 5.31. The lowest BCUT2D eigenvalue weighted by Gasteiger charge is -2.62. The molecule has 150 valence electrons. The van der Waals surface area contributed by atoms with Gasteiger partial charge in [0.15, 0.2) is 0 Å². The fourth-order valence-corrected chi connectivity index (χ4v) is 8.39. The van der Waals surface area contributed by atoms with Gasteiger partial charge in [-0.3, -0.25) is 9.80 Å². The van der Waals surface area contributed by atoms with E-state index in [4.69, 9.17) is 0 Å². The highest BCUT2D eigenvalue weighted by Crippen LogP contribution is 2.77. The van der Waals surface area contributed by atoms with Crippen molar-refractivity contribution in [2.75, 3.05) is 5.01 Å². The van der Waals surface area contributed by atoms with Crippen LogP contribution in [0, 0.1) is 23.2 Å². The molecule has 0 radical (unpaired) electrons. The first-order valence-electron chi connectivity index (χ1n) is 11.2. The molecular formula is C25H28N2O2. The van der Waals surface area contributed by atoms with Crippen LogP contribution in [-0.4, -0.2) is 33.2 Å². The summed E-state index contributed by atoms with van der Waals surface area (Å²) in [4.78, 5) is 13.4. The predicted octanol–water partition coefficient (Wildman–Crippen LogP) is 4.12. The average molecular weight is 389 g/mol. The second-order valence-corrected chi connectivity index (χ2v) is 11.0. The summed E-state index contributed by atoms with van der Waals surface area (Å²) >= 11 is 0. The molecule has 2 aromatic carbocycles. The van der Waals surface area contributed by atoms with Crippen LogP contribution < -0.4 is 5.01 Å². The second-order valence-electron chi connectivity index (χ2n) is 11.0. The van der Waals surface area contributed by atoms with Gasteiger partial charge in [-0.1, -0.05) is 36.4 Å². The molecule has 4 unspecified atom stereocenters. The zero-order chi connectivity index (χ0) is 19.8. The van der Waals surface area contributed by atoms with E-state index >= 15 is 0 Å². The van der Waals surface area contributed by atoms with Gasteiger partial charge in [0, 0.05) is 10.8 Å². The number of aliphatic hydroxyl groups is 1. The summed E-state index contributed by atoms with van der Waals surface area (Å²) in [5, 5.41) is 18.1. The molecule has 1 spiro atoms. The molecule has 29 heavy (non-hydrogen) atoms. The smallest absolute Gasteiger partial charge is 0.268 e. The van der Waals surface area contributed by atoms with Crippen molar-refractivity contribution in [3.8, 4) is 0 Å². The molecule has 1 N–H and O–H groups in total. The molecule has 4 nitrogen and oxygen atoms in total. The minimum atomic E-state index is -0.532. The highest BCUT2D eigenvalue weighted by Gasteiger charge is 2.78. The van der Waals surface area contributed by atoms with Crippen molar-refractivity contribution in [2.24, 2.45) is 23.2 Å². The van der Waals surface area contributed by atoms with Crippen LogP contribution >= 0.6 is 0 Å². The number of carbonyl (C=O) groups is 1. The van der Waals surface area contributed by atoms with Crippen LogP contribution in [0.1, 0.15) is 46.0 Å². The first kappa shape index (κ1) is 16.7. The van der Waals surface area contributed by atoms with Crippen molar-refractivity contribution in [1.29, 1.82) is 0 Å². The first-order valence-corrected chi connectivity index (χ1v) is 11.2. The fourth-order valence-electron chi connectivity index (χ4n) is 8.39. The standard InChI is InChI=1S/C25H28N2O2/c1-23(2)22(28)26(27(23)20-9-5-7-15-6-3-4-8-19(15)20)21-16-10-18-14-25(29)13-17(21)12-24(18,25)11-16/h3-9,16-18,21,29H,10-14H2,1-2H3/t16?,17?,18?,21-,24?,25+/m1/s1. The number of hydrogen-bond donors (Lipinski definition) is 1. The zero-order valence-electron chi connectivity index (χ0n) is 17.1. The van der Waals surface area contributed by atoms with E-state index in [1.807, 2.05) is 0 Å². The fraction of sp³-hybridized carbons (Fsp3) is 0.560. The number of amides is 1. The Morgan fingerprint density at radius 3 is 2.59 bits per heavy atom. The van der Waals surface area contributed by atoms with Crippen molar-refractivity contribution in [1.82, 2.24) is 5.01 Å². The molecule has 4 saturated carbocycles. The van der Waals surface area contributed by atoms with Crippen molar-refractivity contribution in [2.45, 2.75) is 63.1 Å². The number of hydrazine groups is 1. The molecule has 5 aliphatic rings. The Kier molecular flexibility index (Phi) is 2.77. The van der Waals surface area contributed by atoms with Gasteiger partial charge in [0.2, 0.25) is 0 Å². The molecule has 5 fully saturated rings. The molecule has 1 amide bonds.